The van der Waals surface area contributed by atoms with E-state index in [2.05, 4.69) is 9.72 Å². The molecule has 0 N–H and O–H groups in total. The Kier molecular flexibility index (Phi) is 4.63. The summed E-state index contributed by atoms with van der Waals surface area (Å²) in [6, 6.07) is 4.99. The molecule has 0 atom stereocenters. The lowest BCUT2D eigenvalue weighted by molar-refractivity contribution is -0.141. The van der Waals surface area contributed by atoms with Crippen molar-refractivity contribution in [2.45, 2.75) is 19.9 Å². The molecule has 0 bridgehead atoms. The first-order chi connectivity index (χ1) is 8.06. The standard InChI is InChI=1S/C12H16N2O3/c1-9(2)14(8-11(15)17-3)12(16)10-6-4-5-7-13-10/h4-7,9H,8H2,1-3H3. The fourth-order valence-electron chi connectivity index (χ4n) is 1.33. The molecule has 0 unspecified atom stereocenters. The number of rotatable bonds is 4. The predicted molar refractivity (Wildman–Crippen MR) is 62.4 cm³/mol. The van der Waals surface area contributed by atoms with Gasteiger partial charge in [0.25, 0.3) is 5.91 Å². The van der Waals surface area contributed by atoms with Crippen LogP contribution in [0.15, 0.2) is 24.4 Å². The van der Waals surface area contributed by atoms with Gasteiger partial charge in [-0.1, -0.05) is 6.07 Å². The zero-order valence-electron chi connectivity index (χ0n) is 10.2. The predicted octanol–water partition coefficient (Wildman–Crippen LogP) is 1.11. The molecular formula is C12H16N2O3. The fourth-order valence-corrected chi connectivity index (χ4v) is 1.33. The van der Waals surface area contributed by atoms with Crippen molar-refractivity contribution in [1.82, 2.24) is 9.88 Å². The summed E-state index contributed by atoms with van der Waals surface area (Å²) in [5.74, 6) is -0.714. The quantitative estimate of drug-likeness (QED) is 0.735. The Labute approximate surface area is 100 Å². The summed E-state index contributed by atoms with van der Waals surface area (Å²) >= 11 is 0. The van der Waals surface area contributed by atoms with E-state index in [1.165, 1.54) is 12.0 Å². The highest BCUT2D eigenvalue weighted by Crippen LogP contribution is 2.06. The zero-order valence-corrected chi connectivity index (χ0v) is 10.2. The number of ether oxygens (including phenoxy) is 1. The van der Waals surface area contributed by atoms with Gasteiger partial charge >= 0.3 is 5.97 Å². The van der Waals surface area contributed by atoms with Crippen molar-refractivity contribution in [2.24, 2.45) is 0 Å². The molecule has 0 saturated heterocycles. The monoisotopic (exact) mass is 236 g/mol. The number of hydrogen-bond donors (Lipinski definition) is 0. The topological polar surface area (TPSA) is 59.5 Å². The highest BCUT2D eigenvalue weighted by atomic mass is 16.5. The lowest BCUT2D eigenvalue weighted by Gasteiger charge is -2.24. The number of pyridine rings is 1. The largest absolute Gasteiger partial charge is 0.468 e. The Bertz CT molecular complexity index is 390. The van der Waals surface area contributed by atoms with E-state index >= 15 is 0 Å². The molecule has 0 saturated carbocycles. The number of amides is 1. The molecule has 92 valence electrons. The summed E-state index contributed by atoms with van der Waals surface area (Å²) in [5.41, 5.74) is 0.324. The Balaban J connectivity index is 2.85. The molecule has 1 aromatic heterocycles. The summed E-state index contributed by atoms with van der Waals surface area (Å²) in [7, 11) is 1.30. The van der Waals surface area contributed by atoms with Crippen LogP contribution >= 0.6 is 0 Å². The molecule has 0 radical (unpaired) electrons. The van der Waals surface area contributed by atoms with Gasteiger partial charge in [0.15, 0.2) is 0 Å². The van der Waals surface area contributed by atoms with Crippen LogP contribution in [-0.4, -0.2) is 41.5 Å². The van der Waals surface area contributed by atoms with Gasteiger partial charge in [0.1, 0.15) is 12.2 Å². The van der Waals surface area contributed by atoms with Crippen LogP contribution in [0.4, 0.5) is 0 Å². The third-order valence-corrected chi connectivity index (χ3v) is 2.30. The second-order valence-corrected chi connectivity index (χ2v) is 3.82. The summed E-state index contributed by atoms with van der Waals surface area (Å²) in [6.07, 6.45) is 1.55. The number of esters is 1. The number of hydrogen-bond acceptors (Lipinski definition) is 4. The van der Waals surface area contributed by atoms with Crippen molar-refractivity contribution in [3.8, 4) is 0 Å². The number of nitrogens with zero attached hydrogens (tertiary/aromatic N) is 2. The van der Waals surface area contributed by atoms with Crippen LogP contribution in [-0.2, 0) is 9.53 Å². The molecule has 5 nitrogen and oxygen atoms in total. The molecule has 0 spiro atoms. The van der Waals surface area contributed by atoms with Crippen LogP contribution in [0.25, 0.3) is 0 Å². The van der Waals surface area contributed by atoms with E-state index in [0.29, 0.717) is 5.69 Å². The molecule has 0 aromatic carbocycles. The fraction of sp³-hybridized carbons (Fsp3) is 0.417. The molecule has 1 aromatic rings. The van der Waals surface area contributed by atoms with E-state index in [1.54, 1.807) is 24.4 Å². The number of aromatic nitrogens is 1. The molecule has 1 heterocycles. The van der Waals surface area contributed by atoms with Gasteiger partial charge < -0.3 is 9.64 Å². The average Bonchev–Trinajstić information content (AvgIpc) is 2.35. The first-order valence-electron chi connectivity index (χ1n) is 5.35. The van der Waals surface area contributed by atoms with Gasteiger partial charge in [-0.15, -0.1) is 0 Å². The van der Waals surface area contributed by atoms with Crippen LogP contribution < -0.4 is 0 Å². The Morgan fingerprint density at radius 1 is 1.41 bits per heavy atom. The average molecular weight is 236 g/mol. The van der Waals surface area contributed by atoms with Crippen molar-refractivity contribution in [3.63, 3.8) is 0 Å². The van der Waals surface area contributed by atoms with E-state index in [1.807, 2.05) is 13.8 Å². The summed E-state index contributed by atoms with van der Waals surface area (Å²) < 4.78 is 4.56. The lowest BCUT2D eigenvalue weighted by atomic mass is 10.2. The molecular weight excluding hydrogens is 220 g/mol. The molecule has 0 aliphatic rings. The highest BCUT2D eigenvalue weighted by molar-refractivity contribution is 5.94. The van der Waals surface area contributed by atoms with E-state index in [-0.39, 0.29) is 18.5 Å². The SMILES string of the molecule is COC(=O)CN(C(=O)c1ccccn1)C(C)C. The zero-order chi connectivity index (χ0) is 12.8. The molecule has 0 fully saturated rings. The van der Waals surface area contributed by atoms with E-state index in [0.717, 1.165) is 0 Å². The number of carbonyl (C=O) groups excluding carboxylic acids is 2. The number of methoxy groups -OCH3 is 1. The van der Waals surface area contributed by atoms with Gasteiger partial charge in [-0.05, 0) is 26.0 Å². The van der Waals surface area contributed by atoms with Gasteiger partial charge in [-0.25, -0.2) is 0 Å². The van der Waals surface area contributed by atoms with Crippen molar-refractivity contribution >= 4 is 11.9 Å². The summed E-state index contributed by atoms with van der Waals surface area (Å²) in [5, 5.41) is 0. The van der Waals surface area contributed by atoms with Gasteiger partial charge in [-0.2, -0.15) is 0 Å². The highest BCUT2D eigenvalue weighted by Gasteiger charge is 2.22. The summed E-state index contributed by atoms with van der Waals surface area (Å²) in [4.78, 5) is 28.7. The van der Waals surface area contributed by atoms with E-state index in [4.69, 9.17) is 0 Å². The van der Waals surface area contributed by atoms with Crippen molar-refractivity contribution in [2.75, 3.05) is 13.7 Å². The maximum absolute atomic E-state index is 12.1. The van der Waals surface area contributed by atoms with Crippen LogP contribution in [0.3, 0.4) is 0 Å². The Hall–Kier alpha value is -1.91. The van der Waals surface area contributed by atoms with Crippen molar-refractivity contribution in [1.29, 1.82) is 0 Å². The van der Waals surface area contributed by atoms with Gasteiger partial charge in [0, 0.05) is 12.2 Å². The second-order valence-electron chi connectivity index (χ2n) is 3.82. The smallest absolute Gasteiger partial charge is 0.325 e. The maximum Gasteiger partial charge on any atom is 0.325 e. The summed E-state index contributed by atoms with van der Waals surface area (Å²) in [6.45, 7) is 3.61. The molecule has 1 rings (SSSR count). The third-order valence-electron chi connectivity index (χ3n) is 2.30. The molecule has 0 aliphatic carbocycles. The van der Waals surface area contributed by atoms with Crippen LogP contribution in [0, 0.1) is 0 Å². The third kappa shape index (κ3) is 3.55. The normalized spacial score (nSPS) is 10.1. The maximum atomic E-state index is 12.1. The van der Waals surface area contributed by atoms with Gasteiger partial charge in [0.2, 0.25) is 0 Å². The minimum Gasteiger partial charge on any atom is -0.468 e. The van der Waals surface area contributed by atoms with Crippen LogP contribution in [0.2, 0.25) is 0 Å². The first kappa shape index (κ1) is 13.2. The molecule has 5 heteroatoms. The minimum atomic E-state index is -0.442. The minimum absolute atomic E-state index is 0.0659. The first-order valence-corrected chi connectivity index (χ1v) is 5.35. The number of carbonyl (C=O) groups is 2. The van der Waals surface area contributed by atoms with Crippen LogP contribution in [0.1, 0.15) is 24.3 Å². The van der Waals surface area contributed by atoms with E-state index in [9.17, 15) is 9.59 Å². The van der Waals surface area contributed by atoms with Crippen LogP contribution in [0.5, 0.6) is 0 Å². The molecule has 0 aliphatic heterocycles. The van der Waals surface area contributed by atoms with E-state index < -0.39 is 5.97 Å². The molecule has 1 amide bonds. The Morgan fingerprint density at radius 2 is 2.12 bits per heavy atom. The van der Waals surface area contributed by atoms with Gasteiger partial charge in [-0.3, -0.25) is 14.6 Å². The molecule has 17 heavy (non-hydrogen) atoms. The second kappa shape index (κ2) is 5.98. The lowest BCUT2D eigenvalue weighted by Crippen LogP contribution is -2.41. The van der Waals surface area contributed by atoms with Gasteiger partial charge in [0.05, 0.1) is 7.11 Å². The van der Waals surface area contributed by atoms with Crippen molar-refractivity contribution in [3.05, 3.63) is 30.1 Å². The van der Waals surface area contributed by atoms with Crippen molar-refractivity contribution < 1.29 is 14.3 Å². The Morgan fingerprint density at radius 3 is 2.59 bits per heavy atom.